The van der Waals surface area contributed by atoms with Crippen molar-refractivity contribution in [2.75, 3.05) is 5.88 Å². The van der Waals surface area contributed by atoms with Gasteiger partial charge in [0, 0.05) is 0 Å². The molecule has 0 atom stereocenters. The first-order valence-corrected chi connectivity index (χ1v) is 2.18. The van der Waals surface area contributed by atoms with Crippen LogP contribution in [-0.4, -0.2) is 12.3 Å². The Morgan fingerprint density at radius 1 is 2.00 bits per heavy atom. The molecule has 0 saturated heterocycles. The van der Waals surface area contributed by atoms with Gasteiger partial charge in [-0.3, -0.25) is 0 Å². The molecule has 0 aromatic rings. The van der Waals surface area contributed by atoms with Gasteiger partial charge in [0.25, 0.3) is 0 Å². The van der Waals surface area contributed by atoms with Crippen molar-refractivity contribution >= 4 is 18.4 Å². The van der Waals surface area contributed by atoms with Gasteiger partial charge in [-0.05, 0) is 0 Å². The lowest BCUT2D eigenvalue weighted by Gasteiger charge is -1.73. The van der Waals surface area contributed by atoms with E-state index in [0.29, 0.717) is 0 Å². The molecule has 0 bridgehead atoms. The Morgan fingerprint density at radius 3 is 3.20 bits per heavy atom. The molecule has 0 saturated carbocycles. The summed E-state index contributed by atoms with van der Waals surface area (Å²) in [5, 5.41) is 0. The first-order chi connectivity index (χ1) is 2.50. The van der Waals surface area contributed by atoms with Gasteiger partial charge in [-0.1, -0.05) is 0 Å². The molecule has 0 fully saturated rings. The van der Waals surface area contributed by atoms with Gasteiger partial charge >= 0.3 is 0 Å². The molecule has 28 valence electrons. The summed E-state index contributed by atoms with van der Waals surface area (Å²) in [5.41, 5.74) is 0. The summed E-state index contributed by atoms with van der Waals surface area (Å²) in [6.45, 7) is 0. The second kappa shape index (κ2) is 1.31. The Balaban J connectivity index is 2.32. The van der Waals surface area contributed by atoms with Crippen LogP contribution in [0.5, 0.6) is 0 Å². The zero-order valence-electron chi connectivity index (χ0n) is 2.55. The molecule has 0 aromatic carbocycles. The fourth-order valence-electron chi connectivity index (χ4n) is 0.152. The van der Waals surface area contributed by atoms with Crippen LogP contribution in [0.15, 0.2) is 4.99 Å². The topological polar surface area (TPSA) is 21.6 Å². The van der Waals surface area contributed by atoms with E-state index >= 15 is 0 Å². The van der Waals surface area contributed by atoms with Crippen LogP contribution in [0.1, 0.15) is 0 Å². The quantitative estimate of drug-likeness (QED) is 0.406. The second-order valence-electron chi connectivity index (χ2n) is 0.631. The molecule has 0 amide bonds. The summed E-state index contributed by atoms with van der Waals surface area (Å²) < 4.78 is 4.57. The molecule has 1 aliphatic rings. The minimum absolute atomic E-state index is 0.764. The van der Waals surface area contributed by atoms with Gasteiger partial charge in [-0.25, -0.2) is 4.99 Å². The van der Waals surface area contributed by atoms with Crippen molar-refractivity contribution in [1.29, 1.82) is 0 Å². The Morgan fingerprint density at radius 2 is 3.00 bits per heavy atom. The van der Waals surface area contributed by atoms with E-state index < -0.39 is 0 Å². The summed E-state index contributed by atoms with van der Waals surface area (Å²) in [5.74, 6) is 0.764. The van der Waals surface area contributed by atoms with Crippen LogP contribution in [0.3, 0.4) is 0 Å². The van der Waals surface area contributed by atoms with Crippen molar-refractivity contribution in [3.63, 3.8) is 0 Å². The molecular weight excluding hydrogens is 86.1 g/mol. The SMILES string of the molecule is C1=NCSO1. The highest BCUT2D eigenvalue weighted by molar-refractivity contribution is 7.95. The van der Waals surface area contributed by atoms with Crippen molar-refractivity contribution in [1.82, 2.24) is 0 Å². The maximum atomic E-state index is 4.57. The van der Waals surface area contributed by atoms with Crippen molar-refractivity contribution in [3.8, 4) is 0 Å². The molecule has 0 N–H and O–H groups in total. The Kier molecular flexibility index (Phi) is 0.792. The highest BCUT2D eigenvalue weighted by Gasteiger charge is 1.86. The standard InChI is InChI=1S/C2H3NOS/c1-3-2-5-4-1/h1H,2H2. The molecule has 1 rings (SSSR count). The fourth-order valence-corrected chi connectivity index (χ4v) is 0.456. The van der Waals surface area contributed by atoms with E-state index in [0.717, 1.165) is 5.88 Å². The van der Waals surface area contributed by atoms with Crippen LogP contribution in [0.25, 0.3) is 0 Å². The van der Waals surface area contributed by atoms with E-state index in [1.165, 1.54) is 18.4 Å². The first-order valence-electron chi connectivity index (χ1n) is 1.27. The van der Waals surface area contributed by atoms with E-state index in [1.54, 1.807) is 0 Å². The average molecular weight is 89.1 g/mol. The van der Waals surface area contributed by atoms with Crippen molar-refractivity contribution < 1.29 is 4.18 Å². The Bertz CT molecular complexity index is 47.6. The second-order valence-corrected chi connectivity index (χ2v) is 1.32. The lowest BCUT2D eigenvalue weighted by Crippen LogP contribution is -1.55. The number of rotatable bonds is 0. The maximum absolute atomic E-state index is 4.57. The highest BCUT2D eigenvalue weighted by Crippen LogP contribution is 2.04. The van der Waals surface area contributed by atoms with E-state index in [4.69, 9.17) is 0 Å². The summed E-state index contributed by atoms with van der Waals surface area (Å²) in [7, 11) is 0. The van der Waals surface area contributed by atoms with Gasteiger partial charge in [-0.15, -0.1) is 0 Å². The zero-order chi connectivity index (χ0) is 3.54. The number of nitrogens with zero attached hydrogens (tertiary/aromatic N) is 1. The molecule has 0 aliphatic carbocycles. The molecule has 1 aliphatic heterocycles. The number of hydrogen-bond donors (Lipinski definition) is 0. The molecule has 5 heavy (non-hydrogen) atoms. The molecule has 1 heterocycles. The normalized spacial score (nSPS) is 19.2. The summed E-state index contributed by atoms with van der Waals surface area (Å²) in [6.07, 6.45) is 1.45. The minimum atomic E-state index is 0.764. The third-order valence-electron chi connectivity index (χ3n) is 0.313. The molecule has 0 radical (unpaired) electrons. The van der Waals surface area contributed by atoms with E-state index in [9.17, 15) is 0 Å². The Labute approximate surface area is 34.4 Å². The monoisotopic (exact) mass is 89.0 g/mol. The van der Waals surface area contributed by atoms with Gasteiger partial charge in [0.05, 0.1) is 12.0 Å². The number of hydrogen-bond acceptors (Lipinski definition) is 3. The van der Waals surface area contributed by atoms with Crippen LogP contribution in [0.4, 0.5) is 0 Å². The third kappa shape index (κ3) is 0.545. The predicted molar refractivity (Wildman–Crippen MR) is 22.0 cm³/mol. The summed E-state index contributed by atoms with van der Waals surface area (Å²) in [4.78, 5) is 3.70. The fraction of sp³-hybridized carbons (Fsp3) is 0.500. The van der Waals surface area contributed by atoms with Gasteiger partial charge < -0.3 is 4.18 Å². The summed E-state index contributed by atoms with van der Waals surface area (Å²) >= 11 is 1.35. The first kappa shape index (κ1) is 3.03. The maximum Gasteiger partial charge on any atom is 0.187 e. The summed E-state index contributed by atoms with van der Waals surface area (Å²) in [6, 6.07) is 0. The lowest BCUT2D eigenvalue weighted by molar-refractivity contribution is 0.691. The molecular formula is C2H3NOS. The van der Waals surface area contributed by atoms with Crippen LogP contribution in [0.2, 0.25) is 0 Å². The van der Waals surface area contributed by atoms with Crippen molar-refractivity contribution in [2.45, 2.75) is 0 Å². The predicted octanol–water partition coefficient (Wildman–Crippen LogP) is 0.651. The third-order valence-corrected chi connectivity index (χ3v) is 0.789. The molecule has 0 aromatic heterocycles. The average Bonchev–Trinajstić information content (AvgIpc) is 1.76. The van der Waals surface area contributed by atoms with Gasteiger partial charge in [-0.2, -0.15) is 0 Å². The van der Waals surface area contributed by atoms with Crippen molar-refractivity contribution in [2.24, 2.45) is 4.99 Å². The molecule has 2 nitrogen and oxygen atoms in total. The lowest BCUT2D eigenvalue weighted by atomic mass is 11.3. The van der Waals surface area contributed by atoms with Crippen LogP contribution >= 0.6 is 12.0 Å². The van der Waals surface area contributed by atoms with E-state index in [-0.39, 0.29) is 0 Å². The van der Waals surface area contributed by atoms with Gasteiger partial charge in [0.1, 0.15) is 5.88 Å². The number of aliphatic imine (C=N–C) groups is 1. The minimum Gasteiger partial charge on any atom is -0.412 e. The highest BCUT2D eigenvalue weighted by atomic mass is 32.2. The molecule has 3 heteroatoms. The van der Waals surface area contributed by atoms with Crippen LogP contribution in [-0.2, 0) is 4.18 Å². The smallest absolute Gasteiger partial charge is 0.187 e. The van der Waals surface area contributed by atoms with Crippen molar-refractivity contribution in [3.05, 3.63) is 0 Å². The van der Waals surface area contributed by atoms with Crippen LogP contribution in [0, 0.1) is 0 Å². The largest absolute Gasteiger partial charge is 0.412 e. The van der Waals surface area contributed by atoms with Gasteiger partial charge in [0.2, 0.25) is 0 Å². The van der Waals surface area contributed by atoms with E-state index in [2.05, 4.69) is 9.18 Å². The molecule has 0 spiro atoms. The van der Waals surface area contributed by atoms with Gasteiger partial charge in [0.15, 0.2) is 6.40 Å². The van der Waals surface area contributed by atoms with Crippen LogP contribution < -0.4 is 0 Å². The van der Waals surface area contributed by atoms with E-state index in [1.807, 2.05) is 0 Å². The Hall–Kier alpha value is -0.180. The molecule has 0 unspecified atom stereocenters. The zero-order valence-corrected chi connectivity index (χ0v) is 3.36.